The summed E-state index contributed by atoms with van der Waals surface area (Å²) in [5, 5.41) is 14.8. The molecule has 2 rings (SSSR count). The van der Waals surface area contributed by atoms with Crippen LogP contribution in [-0.2, 0) is 9.53 Å². The van der Waals surface area contributed by atoms with E-state index in [4.69, 9.17) is 9.47 Å². The fraction of sp³-hybridized carbons (Fsp3) is 0.227. The number of nitriles is 1. The Balaban J connectivity index is 2.09. The number of hydrogen-bond donors (Lipinski definition) is 2. The first-order valence-corrected chi connectivity index (χ1v) is 9.17. The SMILES string of the molecule is CCCCOC(=O)c1ccccc1NC(=O)/C(C#N)=C\Nc1ccc(OC)cc1. The van der Waals surface area contributed by atoms with E-state index in [0.29, 0.717) is 18.0 Å². The molecule has 0 atom stereocenters. The quantitative estimate of drug-likeness (QED) is 0.288. The lowest BCUT2D eigenvalue weighted by Gasteiger charge is -2.10. The molecule has 150 valence electrons. The fourth-order valence-electron chi connectivity index (χ4n) is 2.34. The van der Waals surface area contributed by atoms with E-state index in [1.807, 2.05) is 13.0 Å². The molecular weight excluding hydrogens is 370 g/mol. The van der Waals surface area contributed by atoms with Crippen molar-refractivity contribution in [2.45, 2.75) is 19.8 Å². The highest BCUT2D eigenvalue weighted by molar-refractivity contribution is 6.09. The van der Waals surface area contributed by atoms with Crippen molar-refractivity contribution in [1.82, 2.24) is 0 Å². The lowest BCUT2D eigenvalue weighted by Crippen LogP contribution is -2.17. The van der Waals surface area contributed by atoms with E-state index >= 15 is 0 Å². The van der Waals surface area contributed by atoms with Gasteiger partial charge in [-0.2, -0.15) is 5.26 Å². The van der Waals surface area contributed by atoms with Crippen molar-refractivity contribution in [1.29, 1.82) is 5.26 Å². The second kappa shape index (κ2) is 11.1. The molecule has 2 aromatic rings. The van der Waals surface area contributed by atoms with E-state index < -0.39 is 11.9 Å². The molecule has 0 bridgehead atoms. The molecule has 0 aliphatic heterocycles. The molecule has 0 fully saturated rings. The summed E-state index contributed by atoms with van der Waals surface area (Å²) in [6.07, 6.45) is 2.97. The second-order valence-corrected chi connectivity index (χ2v) is 6.03. The van der Waals surface area contributed by atoms with Crippen LogP contribution >= 0.6 is 0 Å². The summed E-state index contributed by atoms with van der Waals surface area (Å²) in [5.41, 5.74) is 1.06. The fourth-order valence-corrected chi connectivity index (χ4v) is 2.34. The van der Waals surface area contributed by atoms with Crippen molar-refractivity contribution >= 4 is 23.3 Å². The maximum Gasteiger partial charge on any atom is 0.340 e. The predicted octanol–water partition coefficient (Wildman–Crippen LogP) is 4.11. The summed E-state index contributed by atoms with van der Waals surface area (Å²) in [5.74, 6) is -0.462. The Morgan fingerprint density at radius 2 is 1.86 bits per heavy atom. The highest BCUT2D eigenvalue weighted by atomic mass is 16.5. The minimum Gasteiger partial charge on any atom is -0.497 e. The molecule has 0 unspecified atom stereocenters. The number of ether oxygens (including phenoxy) is 2. The third-order valence-corrected chi connectivity index (χ3v) is 3.96. The Morgan fingerprint density at radius 1 is 1.14 bits per heavy atom. The van der Waals surface area contributed by atoms with Crippen molar-refractivity contribution in [2.24, 2.45) is 0 Å². The predicted molar refractivity (Wildman–Crippen MR) is 111 cm³/mol. The van der Waals surface area contributed by atoms with Crippen LogP contribution in [0.4, 0.5) is 11.4 Å². The Kier molecular flexibility index (Phi) is 8.27. The van der Waals surface area contributed by atoms with Crippen LogP contribution in [0.25, 0.3) is 0 Å². The average Bonchev–Trinajstić information content (AvgIpc) is 2.75. The average molecular weight is 393 g/mol. The first kappa shape index (κ1) is 21.5. The highest BCUT2D eigenvalue weighted by Crippen LogP contribution is 2.18. The Hall–Kier alpha value is -3.79. The van der Waals surface area contributed by atoms with Gasteiger partial charge < -0.3 is 20.1 Å². The van der Waals surface area contributed by atoms with Gasteiger partial charge in [0, 0.05) is 11.9 Å². The van der Waals surface area contributed by atoms with Crippen molar-refractivity contribution in [3.05, 3.63) is 65.9 Å². The van der Waals surface area contributed by atoms with Gasteiger partial charge in [-0.05, 0) is 42.8 Å². The lowest BCUT2D eigenvalue weighted by molar-refractivity contribution is -0.112. The number of benzene rings is 2. The standard InChI is InChI=1S/C22H23N3O4/c1-3-4-13-29-22(27)19-7-5-6-8-20(19)25-21(26)16(14-23)15-24-17-9-11-18(28-2)12-10-17/h5-12,15,24H,3-4,13H2,1-2H3,(H,25,26)/b16-15-. The zero-order valence-corrected chi connectivity index (χ0v) is 16.4. The van der Waals surface area contributed by atoms with Gasteiger partial charge >= 0.3 is 5.97 Å². The van der Waals surface area contributed by atoms with Crippen molar-refractivity contribution in [3.63, 3.8) is 0 Å². The van der Waals surface area contributed by atoms with Crippen molar-refractivity contribution in [3.8, 4) is 11.8 Å². The molecule has 29 heavy (non-hydrogen) atoms. The molecule has 1 amide bonds. The zero-order valence-electron chi connectivity index (χ0n) is 16.4. The van der Waals surface area contributed by atoms with Gasteiger partial charge in [0.1, 0.15) is 17.4 Å². The number of anilines is 2. The summed E-state index contributed by atoms with van der Waals surface area (Å²) >= 11 is 0. The third kappa shape index (κ3) is 6.40. The number of hydrogen-bond acceptors (Lipinski definition) is 6. The number of esters is 1. The van der Waals surface area contributed by atoms with E-state index in [1.165, 1.54) is 6.20 Å². The maximum atomic E-state index is 12.5. The molecule has 7 nitrogen and oxygen atoms in total. The molecule has 0 saturated carbocycles. The molecule has 0 heterocycles. The van der Waals surface area contributed by atoms with Crippen molar-refractivity contribution in [2.75, 3.05) is 24.4 Å². The van der Waals surface area contributed by atoms with Crippen LogP contribution in [0.5, 0.6) is 5.75 Å². The van der Waals surface area contributed by atoms with Crippen molar-refractivity contribution < 1.29 is 19.1 Å². The van der Waals surface area contributed by atoms with E-state index in [9.17, 15) is 14.9 Å². The van der Waals surface area contributed by atoms with Gasteiger partial charge in [0.15, 0.2) is 0 Å². The number of amides is 1. The maximum absolute atomic E-state index is 12.5. The monoisotopic (exact) mass is 393 g/mol. The minimum atomic E-state index is -0.637. The minimum absolute atomic E-state index is 0.144. The number of methoxy groups -OCH3 is 1. The van der Waals surface area contributed by atoms with Gasteiger partial charge in [-0.15, -0.1) is 0 Å². The number of carbonyl (C=O) groups is 2. The molecule has 0 radical (unpaired) electrons. The van der Waals surface area contributed by atoms with Crippen LogP contribution in [0.2, 0.25) is 0 Å². The number of unbranched alkanes of at least 4 members (excludes halogenated alkanes) is 1. The van der Waals surface area contributed by atoms with Crippen LogP contribution in [0.15, 0.2) is 60.3 Å². The topological polar surface area (TPSA) is 100 Å². The van der Waals surface area contributed by atoms with E-state index in [0.717, 1.165) is 12.8 Å². The van der Waals surface area contributed by atoms with E-state index in [2.05, 4.69) is 10.6 Å². The Bertz CT molecular complexity index is 914. The first-order chi connectivity index (χ1) is 14.1. The molecule has 7 heteroatoms. The zero-order chi connectivity index (χ0) is 21.1. The molecule has 0 aromatic heterocycles. The third-order valence-electron chi connectivity index (χ3n) is 3.96. The van der Waals surface area contributed by atoms with Crippen LogP contribution in [0.3, 0.4) is 0 Å². The molecule has 0 saturated heterocycles. The smallest absolute Gasteiger partial charge is 0.340 e. The normalized spacial score (nSPS) is 10.6. The summed E-state index contributed by atoms with van der Waals surface area (Å²) in [7, 11) is 1.57. The molecule has 0 spiro atoms. The largest absolute Gasteiger partial charge is 0.497 e. The Labute approximate surface area is 169 Å². The van der Waals surface area contributed by atoms with E-state index in [1.54, 1.807) is 55.6 Å². The lowest BCUT2D eigenvalue weighted by atomic mass is 10.1. The van der Waals surface area contributed by atoms with Gasteiger partial charge in [0.2, 0.25) is 0 Å². The summed E-state index contributed by atoms with van der Waals surface area (Å²) in [6.45, 7) is 2.31. The number of nitrogens with one attached hydrogen (secondary N) is 2. The number of carbonyl (C=O) groups excluding carboxylic acids is 2. The van der Waals surface area contributed by atoms with Crippen LogP contribution in [-0.4, -0.2) is 25.6 Å². The van der Waals surface area contributed by atoms with Crippen LogP contribution in [0.1, 0.15) is 30.1 Å². The van der Waals surface area contributed by atoms with Gasteiger partial charge in [-0.25, -0.2) is 4.79 Å². The number of para-hydroxylation sites is 1. The molecular formula is C22H23N3O4. The highest BCUT2D eigenvalue weighted by Gasteiger charge is 2.16. The summed E-state index contributed by atoms with van der Waals surface area (Å²) < 4.78 is 10.3. The molecule has 2 aromatic carbocycles. The van der Waals surface area contributed by atoms with Crippen LogP contribution < -0.4 is 15.4 Å². The molecule has 2 N–H and O–H groups in total. The van der Waals surface area contributed by atoms with Gasteiger partial charge in [0.25, 0.3) is 5.91 Å². The second-order valence-electron chi connectivity index (χ2n) is 6.03. The summed E-state index contributed by atoms with van der Waals surface area (Å²) in [6, 6.07) is 15.4. The van der Waals surface area contributed by atoms with Gasteiger partial charge in [0.05, 0.1) is 25.0 Å². The van der Waals surface area contributed by atoms with Gasteiger partial charge in [-0.3, -0.25) is 4.79 Å². The van der Waals surface area contributed by atoms with E-state index in [-0.39, 0.29) is 16.8 Å². The first-order valence-electron chi connectivity index (χ1n) is 9.17. The molecule has 0 aliphatic rings. The van der Waals surface area contributed by atoms with Gasteiger partial charge in [-0.1, -0.05) is 25.5 Å². The number of rotatable bonds is 9. The number of nitrogens with zero attached hydrogens (tertiary/aromatic N) is 1. The molecule has 0 aliphatic carbocycles. The Morgan fingerprint density at radius 3 is 2.52 bits per heavy atom. The van der Waals surface area contributed by atoms with Crippen LogP contribution in [0, 0.1) is 11.3 Å². The summed E-state index contributed by atoms with van der Waals surface area (Å²) in [4.78, 5) is 24.7.